The first-order valence-corrected chi connectivity index (χ1v) is 6.02. The molecule has 1 aromatic carbocycles. The molecule has 1 aromatic rings. The van der Waals surface area contributed by atoms with Crippen LogP contribution in [0, 0.1) is 0 Å². The van der Waals surface area contributed by atoms with Gasteiger partial charge in [0.1, 0.15) is 6.04 Å². The third-order valence-corrected chi connectivity index (χ3v) is 3.06. The van der Waals surface area contributed by atoms with Crippen LogP contribution in [-0.4, -0.2) is 24.3 Å². The fourth-order valence-electron chi connectivity index (χ4n) is 2.06. The highest BCUT2D eigenvalue weighted by Gasteiger charge is 2.21. The van der Waals surface area contributed by atoms with Crippen LogP contribution >= 0.6 is 0 Å². The summed E-state index contributed by atoms with van der Waals surface area (Å²) in [5.74, 6) is -0.0771. The van der Waals surface area contributed by atoms with Crippen molar-refractivity contribution in [1.82, 2.24) is 5.32 Å². The molecule has 18 heavy (non-hydrogen) atoms. The summed E-state index contributed by atoms with van der Waals surface area (Å²) in [6.07, 6.45) is 1.75. The molecular formula is C13H17N3O2. The Morgan fingerprint density at radius 2 is 2.28 bits per heavy atom. The Balaban J connectivity index is 2.16. The van der Waals surface area contributed by atoms with Crippen LogP contribution in [-0.2, 0) is 4.79 Å². The molecule has 96 valence electrons. The van der Waals surface area contributed by atoms with E-state index in [1.807, 2.05) is 0 Å². The molecule has 1 aliphatic rings. The Morgan fingerprint density at radius 3 is 2.94 bits per heavy atom. The van der Waals surface area contributed by atoms with E-state index in [2.05, 4.69) is 10.6 Å². The predicted molar refractivity (Wildman–Crippen MR) is 70.5 cm³/mol. The molecule has 0 aliphatic carbocycles. The lowest BCUT2D eigenvalue weighted by atomic mass is 10.0. The van der Waals surface area contributed by atoms with Crippen LogP contribution in [0.15, 0.2) is 18.2 Å². The van der Waals surface area contributed by atoms with Gasteiger partial charge >= 0.3 is 0 Å². The van der Waals surface area contributed by atoms with Gasteiger partial charge in [-0.25, -0.2) is 0 Å². The van der Waals surface area contributed by atoms with Crippen molar-refractivity contribution in [2.24, 2.45) is 0 Å². The smallest absolute Gasteiger partial charge is 0.242 e. The average molecular weight is 247 g/mol. The monoisotopic (exact) mass is 247 g/mol. The largest absolute Gasteiger partial charge is 0.398 e. The summed E-state index contributed by atoms with van der Waals surface area (Å²) >= 11 is 0. The van der Waals surface area contributed by atoms with Crippen molar-refractivity contribution in [2.45, 2.75) is 25.8 Å². The van der Waals surface area contributed by atoms with Crippen LogP contribution in [0.25, 0.3) is 0 Å². The van der Waals surface area contributed by atoms with Gasteiger partial charge in [-0.3, -0.25) is 9.59 Å². The summed E-state index contributed by atoms with van der Waals surface area (Å²) in [5.41, 5.74) is 7.41. The lowest BCUT2D eigenvalue weighted by Crippen LogP contribution is -2.44. The van der Waals surface area contributed by atoms with Crippen molar-refractivity contribution in [2.75, 3.05) is 17.6 Å². The molecule has 1 saturated heterocycles. The van der Waals surface area contributed by atoms with Gasteiger partial charge in [0.15, 0.2) is 5.78 Å². The van der Waals surface area contributed by atoms with E-state index in [0.717, 1.165) is 25.1 Å². The number of anilines is 2. The summed E-state index contributed by atoms with van der Waals surface area (Å²) in [6.45, 7) is 2.21. The molecule has 5 nitrogen and oxygen atoms in total. The molecule has 1 fully saturated rings. The number of hydrogen-bond acceptors (Lipinski definition) is 4. The van der Waals surface area contributed by atoms with E-state index in [1.165, 1.54) is 6.92 Å². The highest BCUT2D eigenvalue weighted by atomic mass is 16.2. The van der Waals surface area contributed by atoms with E-state index in [9.17, 15) is 9.59 Å². The second-order valence-electron chi connectivity index (χ2n) is 4.49. The van der Waals surface area contributed by atoms with Gasteiger partial charge in [0.05, 0.1) is 0 Å². The maximum atomic E-state index is 11.6. The summed E-state index contributed by atoms with van der Waals surface area (Å²) < 4.78 is 0. The Labute approximate surface area is 106 Å². The lowest BCUT2D eigenvalue weighted by Gasteiger charge is -2.24. The first-order valence-electron chi connectivity index (χ1n) is 6.02. The van der Waals surface area contributed by atoms with Crippen molar-refractivity contribution in [3.05, 3.63) is 23.8 Å². The van der Waals surface area contributed by atoms with Gasteiger partial charge in [-0.2, -0.15) is 0 Å². The Kier molecular flexibility index (Phi) is 3.50. The zero-order valence-corrected chi connectivity index (χ0v) is 10.3. The summed E-state index contributed by atoms with van der Waals surface area (Å²) in [4.78, 5) is 23.0. The predicted octanol–water partition coefficient (Wildman–Crippen LogP) is 1.16. The van der Waals surface area contributed by atoms with Gasteiger partial charge in [0.2, 0.25) is 5.91 Å². The minimum Gasteiger partial charge on any atom is -0.398 e. The highest BCUT2D eigenvalue weighted by molar-refractivity contribution is 6.00. The summed E-state index contributed by atoms with van der Waals surface area (Å²) in [5, 5.41) is 5.94. The van der Waals surface area contributed by atoms with E-state index >= 15 is 0 Å². The number of carbonyl (C=O) groups is 2. The van der Waals surface area contributed by atoms with Crippen LogP contribution in [0.5, 0.6) is 0 Å². The zero-order chi connectivity index (χ0) is 13.1. The first kappa shape index (κ1) is 12.4. The number of nitrogen functional groups attached to an aromatic ring is 1. The second kappa shape index (κ2) is 5.08. The molecule has 5 heteroatoms. The Hall–Kier alpha value is -2.04. The van der Waals surface area contributed by atoms with Crippen LogP contribution in [0.4, 0.5) is 11.4 Å². The number of nitrogens with one attached hydrogen (secondary N) is 2. The van der Waals surface area contributed by atoms with Gasteiger partial charge in [-0.15, -0.1) is 0 Å². The van der Waals surface area contributed by atoms with Crippen LogP contribution in [0.2, 0.25) is 0 Å². The van der Waals surface area contributed by atoms with E-state index in [1.54, 1.807) is 18.2 Å². The maximum absolute atomic E-state index is 11.6. The number of ketones is 1. The number of hydrogen-bond donors (Lipinski definition) is 3. The number of rotatable bonds is 3. The van der Waals surface area contributed by atoms with E-state index in [4.69, 9.17) is 5.73 Å². The summed E-state index contributed by atoms with van der Waals surface area (Å²) in [6, 6.07) is 4.92. The molecule has 0 spiro atoms. The molecular weight excluding hydrogens is 230 g/mol. The minimum atomic E-state index is -0.234. The van der Waals surface area contributed by atoms with Crippen LogP contribution < -0.4 is 16.4 Å². The molecule has 1 unspecified atom stereocenters. The number of benzene rings is 1. The molecule has 0 saturated carbocycles. The van der Waals surface area contributed by atoms with Gasteiger partial charge in [0.25, 0.3) is 0 Å². The van der Waals surface area contributed by atoms with Gasteiger partial charge in [-0.1, -0.05) is 0 Å². The molecule has 4 N–H and O–H groups in total. The van der Waals surface area contributed by atoms with Crippen LogP contribution in [0.3, 0.4) is 0 Å². The van der Waals surface area contributed by atoms with Crippen molar-refractivity contribution >= 4 is 23.1 Å². The van der Waals surface area contributed by atoms with E-state index in [-0.39, 0.29) is 17.7 Å². The van der Waals surface area contributed by atoms with Crippen LogP contribution in [0.1, 0.15) is 30.1 Å². The highest BCUT2D eigenvalue weighted by Crippen LogP contribution is 2.20. The molecule has 2 rings (SSSR count). The second-order valence-corrected chi connectivity index (χ2v) is 4.49. The van der Waals surface area contributed by atoms with Crippen molar-refractivity contribution in [3.8, 4) is 0 Å². The fraction of sp³-hybridized carbons (Fsp3) is 0.385. The quantitative estimate of drug-likeness (QED) is 0.553. The summed E-state index contributed by atoms with van der Waals surface area (Å²) in [7, 11) is 0. The topological polar surface area (TPSA) is 84.2 Å². The zero-order valence-electron chi connectivity index (χ0n) is 10.3. The number of piperidine rings is 1. The standard InChI is InChI=1S/C13H17N3O2/c1-8(17)10-7-9(4-5-11(10)14)16-12-3-2-6-15-13(12)18/h4-5,7,12,16H,2-3,6,14H2,1H3,(H,15,18). The number of carbonyl (C=O) groups excluding carboxylic acids is 2. The molecule has 0 aromatic heterocycles. The molecule has 0 radical (unpaired) electrons. The molecule has 1 atom stereocenters. The van der Waals surface area contributed by atoms with Gasteiger partial charge in [-0.05, 0) is 38.0 Å². The van der Waals surface area contributed by atoms with E-state index in [0.29, 0.717) is 11.3 Å². The number of nitrogens with two attached hydrogens (primary N) is 1. The van der Waals surface area contributed by atoms with Gasteiger partial charge in [0, 0.05) is 23.5 Å². The molecule has 1 heterocycles. The number of Topliss-reactive ketones (excluding diaryl/α,β-unsaturated/α-hetero) is 1. The SMILES string of the molecule is CC(=O)c1cc(NC2CCCNC2=O)ccc1N. The molecule has 1 amide bonds. The molecule has 0 bridgehead atoms. The Bertz CT molecular complexity index is 485. The fourth-order valence-corrected chi connectivity index (χ4v) is 2.06. The first-order chi connectivity index (χ1) is 8.58. The third-order valence-electron chi connectivity index (χ3n) is 3.06. The van der Waals surface area contributed by atoms with Gasteiger partial charge < -0.3 is 16.4 Å². The normalized spacial score (nSPS) is 19.2. The lowest BCUT2D eigenvalue weighted by molar-refractivity contribution is -0.123. The minimum absolute atomic E-state index is 0.00227. The maximum Gasteiger partial charge on any atom is 0.242 e. The average Bonchev–Trinajstić information content (AvgIpc) is 2.34. The Morgan fingerprint density at radius 1 is 1.50 bits per heavy atom. The van der Waals surface area contributed by atoms with Crippen molar-refractivity contribution < 1.29 is 9.59 Å². The van der Waals surface area contributed by atoms with E-state index < -0.39 is 0 Å². The third kappa shape index (κ3) is 2.61. The van der Waals surface area contributed by atoms with Crippen molar-refractivity contribution in [1.29, 1.82) is 0 Å². The molecule has 1 aliphatic heterocycles. The van der Waals surface area contributed by atoms with Crippen molar-refractivity contribution in [3.63, 3.8) is 0 Å². The number of amides is 1.